The van der Waals surface area contributed by atoms with Crippen LogP contribution in [0.15, 0.2) is 30.5 Å². The minimum atomic E-state index is -1.18. The Morgan fingerprint density at radius 2 is 2.21 bits per heavy atom. The number of carbonyl (C=O) groups is 1. The monoisotopic (exact) mass is 191 g/mol. The molecule has 0 radical (unpaired) electrons. The van der Waals surface area contributed by atoms with Crippen LogP contribution in [0.5, 0.6) is 0 Å². The molecular weight excluding hydrogens is 182 g/mol. The normalized spacial score (nSPS) is 10.4. The molecule has 72 valence electrons. The number of aromatic amines is 1. The minimum absolute atomic E-state index is 0.449. The highest BCUT2D eigenvalue weighted by Crippen LogP contribution is 2.19. The van der Waals surface area contributed by atoms with E-state index in [9.17, 15) is 4.79 Å². The zero-order chi connectivity index (χ0) is 10.1. The fourth-order valence-corrected chi connectivity index (χ4v) is 1.30. The maximum atomic E-state index is 10.6. The number of anilines is 1. The fraction of sp³-hybridized carbons (Fsp3) is 0. The highest BCUT2D eigenvalue weighted by Gasteiger charge is 2.09. The van der Waals surface area contributed by atoms with Crippen LogP contribution < -0.4 is 10.9 Å². The second-order valence-electron chi connectivity index (χ2n) is 2.90. The van der Waals surface area contributed by atoms with Gasteiger partial charge in [0, 0.05) is 17.1 Å². The predicted octanol–water partition coefficient (Wildman–Crippen LogP) is 1.53. The lowest BCUT2D eigenvalue weighted by molar-refractivity contribution is 0.202. The summed E-state index contributed by atoms with van der Waals surface area (Å²) in [7, 11) is 0. The second-order valence-corrected chi connectivity index (χ2v) is 2.90. The molecular formula is C9H9N3O2. The Kier molecular flexibility index (Phi) is 1.86. The van der Waals surface area contributed by atoms with Gasteiger partial charge < -0.3 is 10.1 Å². The Morgan fingerprint density at radius 1 is 1.43 bits per heavy atom. The van der Waals surface area contributed by atoms with E-state index in [2.05, 4.69) is 4.98 Å². The Balaban J connectivity index is 2.48. The summed E-state index contributed by atoms with van der Waals surface area (Å²) < 4.78 is 0. The molecule has 1 aromatic heterocycles. The van der Waals surface area contributed by atoms with Crippen molar-refractivity contribution >= 4 is 22.7 Å². The van der Waals surface area contributed by atoms with Crippen molar-refractivity contribution in [2.24, 2.45) is 5.84 Å². The number of hydrogen-bond acceptors (Lipinski definition) is 2. The number of H-pyrrole nitrogens is 1. The minimum Gasteiger partial charge on any atom is -0.464 e. The molecule has 0 saturated carbocycles. The second kappa shape index (κ2) is 3.04. The number of nitrogens with one attached hydrogen (secondary N) is 1. The number of carboxylic acid groups (broad SMARTS) is 1. The van der Waals surface area contributed by atoms with Gasteiger partial charge in [-0.2, -0.15) is 0 Å². The molecule has 2 rings (SSSR count). The molecule has 0 fully saturated rings. The van der Waals surface area contributed by atoms with Crippen molar-refractivity contribution in [3.8, 4) is 0 Å². The molecule has 1 amide bonds. The number of rotatable bonds is 1. The van der Waals surface area contributed by atoms with E-state index in [1.807, 2.05) is 6.07 Å². The number of amides is 1. The molecule has 0 unspecified atom stereocenters. The lowest BCUT2D eigenvalue weighted by Gasteiger charge is -2.11. The van der Waals surface area contributed by atoms with Crippen molar-refractivity contribution < 1.29 is 9.90 Å². The number of fused-ring (bicyclic) bond motifs is 1. The van der Waals surface area contributed by atoms with E-state index in [0.29, 0.717) is 10.7 Å². The highest BCUT2D eigenvalue weighted by atomic mass is 16.4. The van der Waals surface area contributed by atoms with Gasteiger partial charge in [-0.3, -0.25) is 0 Å². The topological polar surface area (TPSA) is 82.3 Å². The van der Waals surface area contributed by atoms with E-state index in [0.717, 1.165) is 10.9 Å². The summed E-state index contributed by atoms with van der Waals surface area (Å²) in [6.07, 6.45) is 0.607. The van der Waals surface area contributed by atoms with Gasteiger partial charge in [0.2, 0.25) is 0 Å². The first-order valence-corrected chi connectivity index (χ1v) is 4.03. The van der Waals surface area contributed by atoms with Gasteiger partial charge in [0.1, 0.15) is 0 Å². The molecule has 1 aromatic carbocycles. The number of nitrogens with zero attached hydrogens (tertiary/aromatic N) is 1. The molecule has 14 heavy (non-hydrogen) atoms. The molecule has 0 bridgehead atoms. The summed E-state index contributed by atoms with van der Waals surface area (Å²) in [4.78, 5) is 13.6. The molecule has 0 saturated heterocycles. The third-order valence-electron chi connectivity index (χ3n) is 2.02. The van der Waals surface area contributed by atoms with Gasteiger partial charge in [0.05, 0.1) is 5.69 Å². The van der Waals surface area contributed by atoms with Crippen LogP contribution in [0.25, 0.3) is 10.9 Å². The summed E-state index contributed by atoms with van der Waals surface area (Å²) in [5.74, 6) is 5.32. The van der Waals surface area contributed by atoms with E-state index >= 15 is 0 Å². The number of hydrazine groups is 1. The Labute approximate surface area is 79.7 Å². The first-order chi connectivity index (χ1) is 6.68. The van der Waals surface area contributed by atoms with Crippen molar-refractivity contribution in [1.82, 2.24) is 4.98 Å². The zero-order valence-electron chi connectivity index (χ0n) is 7.27. The van der Waals surface area contributed by atoms with Gasteiger partial charge in [-0.25, -0.2) is 15.6 Å². The predicted molar refractivity (Wildman–Crippen MR) is 53.0 cm³/mol. The summed E-state index contributed by atoms with van der Waals surface area (Å²) >= 11 is 0. The van der Waals surface area contributed by atoms with Crippen LogP contribution in [0.3, 0.4) is 0 Å². The van der Waals surface area contributed by atoms with E-state index in [1.54, 1.807) is 24.4 Å². The van der Waals surface area contributed by atoms with E-state index < -0.39 is 6.09 Å². The van der Waals surface area contributed by atoms with Crippen LogP contribution in [-0.4, -0.2) is 16.2 Å². The number of hydrogen-bond donors (Lipinski definition) is 3. The Morgan fingerprint density at radius 3 is 2.93 bits per heavy atom. The molecule has 0 aliphatic carbocycles. The number of benzene rings is 1. The summed E-state index contributed by atoms with van der Waals surface area (Å²) in [6.45, 7) is 0. The van der Waals surface area contributed by atoms with Gasteiger partial charge >= 0.3 is 6.09 Å². The fourth-order valence-electron chi connectivity index (χ4n) is 1.30. The van der Waals surface area contributed by atoms with Crippen LogP contribution in [0.1, 0.15) is 0 Å². The molecule has 0 spiro atoms. The lowest BCUT2D eigenvalue weighted by Crippen LogP contribution is -2.35. The smallest absolute Gasteiger partial charge is 0.426 e. The van der Waals surface area contributed by atoms with Crippen molar-refractivity contribution in [3.05, 3.63) is 30.5 Å². The van der Waals surface area contributed by atoms with E-state index in [4.69, 9.17) is 10.9 Å². The summed E-state index contributed by atoms with van der Waals surface area (Å²) in [5, 5.41) is 10.3. The number of aromatic nitrogens is 1. The SMILES string of the molecule is NN(C(=O)O)c1ccc2[nH]ccc2c1. The van der Waals surface area contributed by atoms with Crippen LogP contribution in [0.4, 0.5) is 10.5 Å². The molecule has 0 aliphatic rings. The molecule has 0 aliphatic heterocycles. The van der Waals surface area contributed by atoms with Gasteiger partial charge in [-0.05, 0) is 24.3 Å². The maximum absolute atomic E-state index is 10.6. The van der Waals surface area contributed by atoms with Crippen LogP contribution >= 0.6 is 0 Å². The first-order valence-electron chi connectivity index (χ1n) is 4.03. The van der Waals surface area contributed by atoms with Gasteiger partial charge in [0.25, 0.3) is 0 Å². The molecule has 0 atom stereocenters. The lowest BCUT2D eigenvalue weighted by atomic mass is 10.2. The zero-order valence-corrected chi connectivity index (χ0v) is 7.27. The van der Waals surface area contributed by atoms with Crippen LogP contribution in [0.2, 0.25) is 0 Å². The molecule has 2 aromatic rings. The van der Waals surface area contributed by atoms with Crippen molar-refractivity contribution in [2.45, 2.75) is 0 Å². The molecule has 4 N–H and O–H groups in total. The van der Waals surface area contributed by atoms with Crippen molar-refractivity contribution in [1.29, 1.82) is 0 Å². The first kappa shape index (κ1) is 8.58. The van der Waals surface area contributed by atoms with Crippen molar-refractivity contribution in [2.75, 3.05) is 5.01 Å². The third kappa shape index (κ3) is 1.29. The van der Waals surface area contributed by atoms with Crippen LogP contribution in [0, 0.1) is 0 Å². The van der Waals surface area contributed by atoms with Gasteiger partial charge in [-0.15, -0.1) is 0 Å². The van der Waals surface area contributed by atoms with E-state index in [1.165, 1.54) is 0 Å². The van der Waals surface area contributed by atoms with Crippen LogP contribution in [-0.2, 0) is 0 Å². The Hall–Kier alpha value is -2.01. The van der Waals surface area contributed by atoms with Crippen molar-refractivity contribution in [3.63, 3.8) is 0 Å². The highest BCUT2D eigenvalue weighted by molar-refractivity contribution is 5.90. The average molecular weight is 191 g/mol. The quantitative estimate of drug-likeness (QED) is 0.363. The summed E-state index contributed by atoms with van der Waals surface area (Å²) in [6, 6.07) is 6.99. The number of nitrogens with two attached hydrogens (primary N) is 1. The summed E-state index contributed by atoms with van der Waals surface area (Å²) in [5.41, 5.74) is 1.40. The maximum Gasteiger partial charge on any atom is 0.426 e. The average Bonchev–Trinajstić information content (AvgIpc) is 2.62. The third-order valence-corrected chi connectivity index (χ3v) is 2.02. The van der Waals surface area contributed by atoms with Gasteiger partial charge in [-0.1, -0.05) is 0 Å². The standard InChI is InChI=1S/C9H9N3O2/c10-12(9(13)14)7-1-2-8-6(5-7)3-4-11-8/h1-5,11H,10H2,(H,13,14). The molecule has 1 heterocycles. The molecule has 5 nitrogen and oxygen atoms in total. The van der Waals surface area contributed by atoms with E-state index in [-0.39, 0.29) is 0 Å². The molecule has 5 heteroatoms. The largest absolute Gasteiger partial charge is 0.464 e. The van der Waals surface area contributed by atoms with Gasteiger partial charge in [0.15, 0.2) is 0 Å². The Bertz CT molecular complexity index is 478.